The Balaban J connectivity index is 1.90. The Morgan fingerprint density at radius 2 is 1.85 bits per heavy atom. The van der Waals surface area contributed by atoms with Crippen LogP contribution in [-0.4, -0.2) is 25.6 Å². The molecule has 0 aliphatic carbocycles. The van der Waals surface area contributed by atoms with Crippen molar-refractivity contribution >= 4 is 17.9 Å². The van der Waals surface area contributed by atoms with Gasteiger partial charge in [-0.25, -0.2) is 9.79 Å². The molecular formula is C19H15F2NO4. The summed E-state index contributed by atoms with van der Waals surface area (Å²) in [7, 11) is 1.32. The Kier molecular flexibility index (Phi) is 4.97. The SMILES string of the molecule is COc1cc(C2=N/C(=C/c3ccc(C)cc3)C(=O)O2)ccc1OC(F)F. The number of halogens is 2. The van der Waals surface area contributed by atoms with Gasteiger partial charge in [0.2, 0.25) is 5.90 Å². The maximum Gasteiger partial charge on any atom is 0.387 e. The van der Waals surface area contributed by atoms with Gasteiger partial charge in [-0.15, -0.1) is 0 Å². The van der Waals surface area contributed by atoms with Crippen molar-refractivity contribution < 1.29 is 27.8 Å². The summed E-state index contributed by atoms with van der Waals surface area (Å²) in [6.07, 6.45) is 1.61. The van der Waals surface area contributed by atoms with E-state index in [1.807, 2.05) is 31.2 Å². The number of alkyl halides is 2. The van der Waals surface area contributed by atoms with Crippen molar-refractivity contribution in [2.75, 3.05) is 7.11 Å². The van der Waals surface area contributed by atoms with Gasteiger partial charge in [-0.05, 0) is 36.8 Å². The molecule has 0 aromatic heterocycles. The van der Waals surface area contributed by atoms with Crippen LogP contribution in [0.4, 0.5) is 8.78 Å². The predicted octanol–water partition coefficient (Wildman–Crippen LogP) is 3.95. The Morgan fingerprint density at radius 3 is 2.50 bits per heavy atom. The van der Waals surface area contributed by atoms with E-state index >= 15 is 0 Å². The summed E-state index contributed by atoms with van der Waals surface area (Å²) in [5.41, 5.74) is 2.47. The lowest BCUT2D eigenvalue weighted by atomic mass is 10.1. The van der Waals surface area contributed by atoms with Gasteiger partial charge in [0.05, 0.1) is 7.11 Å². The fourth-order valence-electron chi connectivity index (χ4n) is 2.35. The predicted molar refractivity (Wildman–Crippen MR) is 91.4 cm³/mol. The number of methoxy groups -OCH3 is 1. The molecule has 2 aromatic rings. The third kappa shape index (κ3) is 3.88. The second-order valence-electron chi connectivity index (χ2n) is 5.49. The van der Waals surface area contributed by atoms with Gasteiger partial charge in [-0.3, -0.25) is 0 Å². The minimum absolute atomic E-state index is 0.0651. The number of carbonyl (C=O) groups excluding carboxylic acids is 1. The molecule has 5 nitrogen and oxygen atoms in total. The summed E-state index contributed by atoms with van der Waals surface area (Å²) in [4.78, 5) is 16.2. The standard InChI is InChI=1S/C19H15F2NO4/c1-11-3-5-12(6-4-11)9-14-18(23)26-17(22-14)13-7-8-15(25-19(20)21)16(10-13)24-2/h3-10,19H,1-2H3/b14-9+. The lowest BCUT2D eigenvalue weighted by Gasteiger charge is -2.10. The number of benzene rings is 2. The molecule has 0 saturated heterocycles. The van der Waals surface area contributed by atoms with E-state index in [2.05, 4.69) is 9.73 Å². The van der Waals surface area contributed by atoms with Crippen molar-refractivity contribution in [2.24, 2.45) is 4.99 Å². The molecule has 0 saturated carbocycles. The highest BCUT2D eigenvalue weighted by molar-refractivity contribution is 6.13. The fraction of sp³-hybridized carbons (Fsp3) is 0.158. The quantitative estimate of drug-likeness (QED) is 0.599. The first-order chi connectivity index (χ1) is 12.5. The molecule has 0 N–H and O–H groups in total. The number of esters is 1. The first-order valence-electron chi connectivity index (χ1n) is 7.68. The van der Waals surface area contributed by atoms with Crippen LogP contribution in [0.1, 0.15) is 16.7 Å². The summed E-state index contributed by atoms with van der Waals surface area (Å²) >= 11 is 0. The van der Waals surface area contributed by atoms with Gasteiger partial charge in [-0.2, -0.15) is 8.78 Å². The maximum absolute atomic E-state index is 12.4. The number of aliphatic imine (C=N–C) groups is 1. The highest BCUT2D eigenvalue weighted by Crippen LogP contribution is 2.31. The molecule has 134 valence electrons. The van der Waals surface area contributed by atoms with Crippen molar-refractivity contribution in [1.82, 2.24) is 0 Å². The molecule has 26 heavy (non-hydrogen) atoms. The Morgan fingerprint density at radius 1 is 1.12 bits per heavy atom. The molecule has 1 aliphatic rings. The summed E-state index contributed by atoms with van der Waals surface area (Å²) in [5, 5.41) is 0. The summed E-state index contributed by atoms with van der Waals surface area (Å²) in [6.45, 7) is -1.01. The number of hydrogen-bond acceptors (Lipinski definition) is 5. The molecule has 0 radical (unpaired) electrons. The van der Waals surface area contributed by atoms with Crippen LogP contribution in [0.25, 0.3) is 6.08 Å². The van der Waals surface area contributed by atoms with Crippen LogP contribution in [0.5, 0.6) is 11.5 Å². The molecule has 0 atom stereocenters. The number of nitrogens with zero attached hydrogens (tertiary/aromatic N) is 1. The smallest absolute Gasteiger partial charge is 0.387 e. The lowest BCUT2D eigenvalue weighted by Crippen LogP contribution is -2.07. The first kappa shape index (κ1) is 17.6. The largest absolute Gasteiger partial charge is 0.493 e. The van der Waals surface area contributed by atoms with Crippen LogP contribution in [0.15, 0.2) is 53.2 Å². The number of aryl methyl sites for hydroxylation is 1. The van der Waals surface area contributed by atoms with Gasteiger partial charge in [0.15, 0.2) is 17.2 Å². The molecule has 1 aliphatic heterocycles. The molecule has 7 heteroatoms. The lowest BCUT2D eigenvalue weighted by molar-refractivity contribution is -0.129. The van der Waals surface area contributed by atoms with Crippen molar-refractivity contribution in [3.05, 3.63) is 64.9 Å². The second kappa shape index (κ2) is 7.35. The van der Waals surface area contributed by atoms with Gasteiger partial charge in [-0.1, -0.05) is 29.8 Å². The van der Waals surface area contributed by atoms with Crippen LogP contribution in [0, 0.1) is 6.92 Å². The molecule has 0 amide bonds. The van der Waals surface area contributed by atoms with Gasteiger partial charge < -0.3 is 14.2 Å². The monoisotopic (exact) mass is 359 g/mol. The van der Waals surface area contributed by atoms with Crippen LogP contribution in [0.2, 0.25) is 0 Å². The fourth-order valence-corrected chi connectivity index (χ4v) is 2.35. The number of rotatable bonds is 5. The molecule has 0 bridgehead atoms. The Labute approximate surface area is 148 Å². The Bertz CT molecular complexity index is 889. The topological polar surface area (TPSA) is 57.1 Å². The van der Waals surface area contributed by atoms with Gasteiger partial charge in [0.25, 0.3) is 0 Å². The second-order valence-corrected chi connectivity index (χ2v) is 5.49. The highest BCUT2D eigenvalue weighted by atomic mass is 19.3. The highest BCUT2D eigenvalue weighted by Gasteiger charge is 2.25. The third-order valence-corrected chi connectivity index (χ3v) is 3.63. The molecular weight excluding hydrogens is 344 g/mol. The van der Waals surface area contributed by atoms with Gasteiger partial charge >= 0.3 is 12.6 Å². The van der Waals surface area contributed by atoms with E-state index < -0.39 is 12.6 Å². The van der Waals surface area contributed by atoms with E-state index in [4.69, 9.17) is 9.47 Å². The van der Waals surface area contributed by atoms with Gasteiger partial charge in [0, 0.05) is 5.56 Å². The van der Waals surface area contributed by atoms with E-state index in [0.717, 1.165) is 11.1 Å². The normalized spacial score (nSPS) is 15.2. The summed E-state index contributed by atoms with van der Waals surface area (Å²) in [5.74, 6) is -0.563. The van der Waals surface area contributed by atoms with E-state index in [1.54, 1.807) is 6.08 Å². The van der Waals surface area contributed by atoms with Crippen molar-refractivity contribution in [1.29, 1.82) is 0 Å². The number of carbonyl (C=O) groups is 1. The first-order valence-corrected chi connectivity index (χ1v) is 7.68. The average molecular weight is 359 g/mol. The van der Waals surface area contributed by atoms with Gasteiger partial charge in [0.1, 0.15) is 0 Å². The molecule has 3 rings (SSSR count). The van der Waals surface area contributed by atoms with Crippen LogP contribution < -0.4 is 9.47 Å². The van der Waals surface area contributed by atoms with E-state index in [0.29, 0.717) is 5.56 Å². The summed E-state index contributed by atoms with van der Waals surface area (Å²) < 4.78 is 39.4. The van der Waals surface area contributed by atoms with Crippen LogP contribution in [-0.2, 0) is 9.53 Å². The number of hydrogen-bond donors (Lipinski definition) is 0. The van der Waals surface area contributed by atoms with E-state index in [-0.39, 0.29) is 23.1 Å². The van der Waals surface area contributed by atoms with Crippen molar-refractivity contribution in [2.45, 2.75) is 13.5 Å². The maximum atomic E-state index is 12.4. The van der Waals surface area contributed by atoms with Crippen LogP contribution in [0.3, 0.4) is 0 Å². The third-order valence-electron chi connectivity index (χ3n) is 3.63. The van der Waals surface area contributed by atoms with Crippen LogP contribution >= 0.6 is 0 Å². The molecule has 0 spiro atoms. The number of ether oxygens (including phenoxy) is 3. The zero-order valence-electron chi connectivity index (χ0n) is 14.0. The zero-order chi connectivity index (χ0) is 18.7. The zero-order valence-corrected chi connectivity index (χ0v) is 14.0. The molecule has 0 fully saturated rings. The summed E-state index contributed by atoms with van der Waals surface area (Å²) in [6, 6.07) is 11.7. The average Bonchev–Trinajstić information content (AvgIpc) is 2.97. The van der Waals surface area contributed by atoms with Crippen molar-refractivity contribution in [3.63, 3.8) is 0 Å². The molecule has 0 unspecified atom stereocenters. The minimum Gasteiger partial charge on any atom is -0.493 e. The minimum atomic E-state index is -2.97. The van der Waals surface area contributed by atoms with E-state index in [1.165, 1.54) is 25.3 Å². The molecule has 2 aromatic carbocycles. The Hall–Kier alpha value is -3.22. The number of cyclic esters (lactones) is 1. The van der Waals surface area contributed by atoms with E-state index in [9.17, 15) is 13.6 Å². The molecule has 1 heterocycles. The van der Waals surface area contributed by atoms with Crippen molar-refractivity contribution in [3.8, 4) is 11.5 Å².